The summed E-state index contributed by atoms with van der Waals surface area (Å²) in [6.45, 7) is 3.40. The number of amides is 3. The minimum Gasteiger partial charge on any atom is -0.360 e. The molecule has 1 aromatic carbocycles. The minimum absolute atomic E-state index is 0.231. The number of hydrogen-bond donors (Lipinski definition) is 2. The van der Waals surface area contributed by atoms with Crippen molar-refractivity contribution in [1.82, 2.24) is 25.5 Å². The normalized spacial score (nSPS) is 28.9. The largest absolute Gasteiger partial charge is 0.360 e. The molecular weight excluding hydrogens is 432 g/mol. The molecule has 2 saturated heterocycles. The van der Waals surface area contributed by atoms with Crippen LogP contribution in [0.5, 0.6) is 0 Å². The molecule has 1 spiro atoms. The topological polar surface area (TPSA) is 115 Å². The minimum atomic E-state index is -0.807. The molecule has 0 saturated carbocycles. The van der Waals surface area contributed by atoms with E-state index in [1.54, 1.807) is 7.05 Å². The number of aromatic nitrogens is 1. The van der Waals surface area contributed by atoms with Crippen LogP contribution in [0.2, 0.25) is 0 Å². The number of pyridine rings is 1. The van der Waals surface area contributed by atoms with E-state index < -0.39 is 17.0 Å². The van der Waals surface area contributed by atoms with Crippen LogP contribution in [0.15, 0.2) is 51.6 Å². The van der Waals surface area contributed by atoms with Gasteiger partial charge >= 0.3 is 6.03 Å². The van der Waals surface area contributed by atoms with Gasteiger partial charge in [-0.15, -0.1) is 0 Å². The van der Waals surface area contributed by atoms with Crippen molar-refractivity contribution < 1.29 is 9.59 Å². The van der Waals surface area contributed by atoms with Crippen LogP contribution in [-0.2, 0) is 10.2 Å². The van der Waals surface area contributed by atoms with Gasteiger partial charge in [-0.1, -0.05) is 18.2 Å². The molecule has 10 nitrogen and oxygen atoms in total. The Morgan fingerprint density at radius 2 is 1.97 bits per heavy atom. The SMILES string of the molecule is CN=C1CC(N2CCC3(CC2)NC(=O)NC3=O)=NC2N1N=CC2(C)c1cnc2ccccc2c1. The fourth-order valence-corrected chi connectivity index (χ4v) is 5.36. The highest BCUT2D eigenvalue weighted by atomic mass is 16.2. The molecule has 0 bridgehead atoms. The molecule has 2 atom stereocenters. The van der Waals surface area contributed by atoms with Crippen LogP contribution in [-0.4, -0.2) is 76.6 Å². The molecule has 6 rings (SSSR count). The average Bonchev–Trinajstić information content (AvgIpc) is 3.34. The Morgan fingerprint density at radius 3 is 2.71 bits per heavy atom. The Kier molecular flexibility index (Phi) is 4.48. The first-order valence-corrected chi connectivity index (χ1v) is 11.5. The predicted octanol–water partition coefficient (Wildman–Crippen LogP) is 1.62. The summed E-state index contributed by atoms with van der Waals surface area (Å²) in [5.74, 6) is 1.56. The fraction of sp³-hybridized carbons (Fsp3) is 0.417. The highest BCUT2D eigenvalue weighted by Gasteiger charge is 2.50. The Balaban J connectivity index is 1.31. The number of carbonyl (C=O) groups excluding carboxylic acids is 2. The standard InChI is InChI=1S/C24H26N8O2/c1-23(16-11-15-5-3-4-6-17(15)26-13-16)14-27-32-18(25-2)12-19(28-20(23)32)31-9-7-24(8-10-31)21(33)29-22(34)30-24/h3-6,11,13-14,20H,7-10,12H2,1-2H3,(H2,29,30,33,34). The lowest BCUT2D eigenvalue weighted by atomic mass is 9.81. The van der Waals surface area contributed by atoms with Crippen molar-refractivity contribution in [2.45, 2.75) is 43.3 Å². The zero-order valence-corrected chi connectivity index (χ0v) is 19.2. The molecule has 2 fully saturated rings. The number of benzene rings is 1. The first kappa shape index (κ1) is 20.8. The van der Waals surface area contributed by atoms with E-state index in [9.17, 15) is 9.59 Å². The number of para-hydroxylation sites is 1. The molecule has 5 heterocycles. The van der Waals surface area contributed by atoms with Gasteiger partial charge in [0.05, 0.1) is 17.4 Å². The number of aliphatic imine (C=N–C) groups is 2. The lowest BCUT2D eigenvalue weighted by molar-refractivity contribution is -0.125. The Labute approximate surface area is 196 Å². The third-order valence-corrected chi connectivity index (χ3v) is 7.54. The van der Waals surface area contributed by atoms with Gasteiger partial charge in [0.2, 0.25) is 0 Å². The number of nitrogens with zero attached hydrogens (tertiary/aromatic N) is 6. The van der Waals surface area contributed by atoms with E-state index in [1.165, 1.54) is 0 Å². The second-order valence-electron chi connectivity index (χ2n) is 9.50. The van der Waals surface area contributed by atoms with Crippen molar-refractivity contribution in [3.63, 3.8) is 0 Å². The molecule has 10 heteroatoms. The summed E-state index contributed by atoms with van der Waals surface area (Å²) < 4.78 is 0. The van der Waals surface area contributed by atoms with Gasteiger partial charge in [-0.2, -0.15) is 5.10 Å². The van der Waals surface area contributed by atoms with Gasteiger partial charge in [0, 0.05) is 37.9 Å². The second kappa shape index (κ2) is 7.34. The van der Waals surface area contributed by atoms with Crippen LogP contribution in [0, 0.1) is 0 Å². The van der Waals surface area contributed by atoms with Crippen molar-refractivity contribution >= 4 is 40.7 Å². The molecule has 34 heavy (non-hydrogen) atoms. The zero-order chi connectivity index (χ0) is 23.5. The molecular formula is C24H26N8O2. The lowest BCUT2D eigenvalue weighted by Crippen LogP contribution is -2.57. The summed E-state index contributed by atoms with van der Waals surface area (Å²) in [7, 11) is 1.78. The van der Waals surface area contributed by atoms with Crippen molar-refractivity contribution in [2.75, 3.05) is 20.1 Å². The summed E-state index contributed by atoms with van der Waals surface area (Å²) in [6, 6.07) is 9.82. The smallest absolute Gasteiger partial charge is 0.322 e. The molecule has 2 N–H and O–H groups in total. The highest BCUT2D eigenvalue weighted by Crippen LogP contribution is 2.39. The van der Waals surface area contributed by atoms with Crippen LogP contribution in [0.25, 0.3) is 10.9 Å². The van der Waals surface area contributed by atoms with Crippen LogP contribution in [0.1, 0.15) is 31.7 Å². The fourth-order valence-electron chi connectivity index (χ4n) is 5.36. The van der Waals surface area contributed by atoms with Crippen LogP contribution in [0.4, 0.5) is 4.79 Å². The summed E-state index contributed by atoms with van der Waals surface area (Å²) >= 11 is 0. The quantitative estimate of drug-likeness (QED) is 0.631. The molecule has 4 aliphatic rings. The maximum absolute atomic E-state index is 12.3. The van der Waals surface area contributed by atoms with Gasteiger partial charge in [-0.25, -0.2) is 14.8 Å². The van der Waals surface area contributed by atoms with E-state index in [0.29, 0.717) is 32.4 Å². The summed E-state index contributed by atoms with van der Waals surface area (Å²) in [5, 5.41) is 12.9. The number of fused-ring (bicyclic) bond motifs is 2. The number of rotatable bonds is 1. The van der Waals surface area contributed by atoms with E-state index in [4.69, 9.17) is 10.1 Å². The molecule has 4 aliphatic heterocycles. The Bertz CT molecular complexity index is 1290. The van der Waals surface area contributed by atoms with Gasteiger partial charge in [-0.05, 0) is 37.5 Å². The number of piperidine rings is 1. The lowest BCUT2D eigenvalue weighted by Gasteiger charge is -2.42. The number of imide groups is 1. The molecule has 0 aliphatic carbocycles. The molecule has 2 unspecified atom stereocenters. The van der Waals surface area contributed by atoms with Gasteiger partial charge in [0.15, 0.2) is 6.17 Å². The van der Waals surface area contributed by atoms with Crippen LogP contribution >= 0.6 is 0 Å². The van der Waals surface area contributed by atoms with E-state index in [1.807, 2.05) is 35.6 Å². The molecule has 174 valence electrons. The van der Waals surface area contributed by atoms with Crippen molar-refractivity contribution in [2.24, 2.45) is 15.1 Å². The summed E-state index contributed by atoms with van der Waals surface area (Å²) in [4.78, 5) is 40.6. The Hall–Kier alpha value is -3.82. The van der Waals surface area contributed by atoms with Gasteiger partial charge in [-0.3, -0.25) is 20.1 Å². The first-order chi connectivity index (χ1) is 16.4. The first-order valence-electron chi connectivity index (χ1n) is 11.5. The van der Waals surface area contributed by atoms with E-state index in [0.717, 1.165) is 28.1 Å². The number of urea groups is 1. The monoisotopic (exact) mass is 458 g/mol. The van der Waals surface area contributed by atoms with Crippen LogP contribution in [0.3, 0.4) is 0 Å². The number of likely N-dealkylation sites (tertiary alicyclic amines) is 1. The number of carbonyl (C=O) groups is 2. The van der Waals surface area contributed by atoms with E-state index >= 15 is 0 Å². The van der Waals surface area contributed by atoms with Crippen molar-refractivity contribution in [3.8, 4) is 0 Å². The number of nitrogens with one attached hydrogen (secondary N) is 2. The summed E-state index contributed by atoms with van der Waals surface area (Å²) in [6.07, 6.45) is 5.24. The van der Waals surface area contributed by atoms with Gasteiger partial charge < -0.3 is 10.2 Å². The molecule has 3 amide bonds. The molecule has 2 aromatic rings. The average molecular weight is 459 g/mol. The highest BCUT2D eigenvalue weighted by molar-refractivity contribution is 6.08. The van der Waals surface area contributed by atoms with Crippen molar-refractivity contribution in [3.05, 3.63) is 42.1 Å². The molecule has 0 radical (unpaired) electrons. The maximum atomic E-state index is 12.3. The van der Waals surface area contributed by atoms with E-state index in [2.05, 4.69) is 44.6 Å². The zero-order valence-electron chi connectivity index (χ0n) is 19.2. The second-order valence-corrected chi connectivity index (χ2v) is 9.50. The number of hydrogen-bond acceptors (Lipinski definition) is 7. The van der Waals surface area contributed by atoms with E-state index in [-0.39, 0.29) is 12.1 Å². The number of amidine groups is 2. The number of hydrazone groups is 1. The van der Waals surface area contributed by atoms with Crippen LogP contribution < -0.4 is 10.6 Å². The molecule has 1 aromatic heterocycles. The summed E-state index contributed by atoms with van der Waals surface area (Å²) in [5.41, 5.74) is 0.717. The van der Waals surface area contributed by atoms with Crippen molar-refractivity contribution in [1.29, 1.82) is 0 Å². The Morgan fingerprint density at radius 1 is 1.18 bits per heavy atom. The van der Waals surface area contributed by atoms with Gasteiger partial charge in [0.1, 0.15) is 17.2 Å². The predicted molar refractivity (Wildman–Crippen MR) is 129 cm³/mol. The third-order valence-electron chi connectivity index (χ3n) is 7.54. The van der Waals surface area contributed by atoms with Gasteiger partial charge in [0.25, 0.3) is 5.91 Å². The third kappa shape index (κ3) is 3.01. The maximum Gasteiger partial charge on any atom is 0.322 e.